The number of aromatic nitrogens is 3. The van der Waals surface area contributed by atoms with E-state index in [4.69, 9.17) is 27.9 Å². The van der Waals surface area contributed by atoms with Crippen molar-refractivity contribution in [2.75, 3.05) is 7.11 Å². The predicted molar refractivity (Wildman–Crippen MR) is 95.5 cm³/mol. The zero-order chi connectivity index (χ0) is 17.8. The van der Waals surface area contributed by atoms with Crippen LogP contribution in [-0.4, -0.2) is 27.8 Å². The molecule has 25 heavy (non-hydrogen) atoms. The van der Waals surface area contributed by atoms with E-state index in [1.54, 1.807) is 11.8 Å². The van der Waals surface area contributed by atoms with Crippen molar-refractivity contribution < 1.29 is 9.53 Å². The summed E-state index contributed by atoms with van der Waals surface area (Å²) < 4.78 is 6.85. The molecule has 0 unspecified atom stereocenters. The number of hydrogen-bond donors (Lipinski definition) is 1. The van der Waals surface area contributed by atoms with Crippen molar-refractivity contribution in [2.24, 2.45) is 0 Å². The Hall–Kier alpha value is -2.57. The second-order valence-electron chi connectivity index (χ2n) is 5.10. The lowest BCUT2D eigenvalue weighted by Gasteiger charge is -2.05. The van der Waals surface area contributed by atoms with E-state index in [0.29, 0.717) is 5.69 Å². The van der Waals surface area contributed by atoms with Crippen molar-refractivity contribution in [3.05, 3.63) is 70.2 Å². The van der Waals surface area contributed by atoms with Crippen molar-refractivity contribution in [3.8, 4) is 11.4 Å². The molecule has 0 aliphatic carbocycles. The van der Waals surface area contributed by atoms with Gasteiger partial charge in [0.05, 0.1) is 30.1 Å². The van der Waals surface area contributed by atoms with E-state index < -0.39 is 5.91 Å². The normalized spacial score (nSPS) is 10.5. The van der Waals surface area contributed by atoms with Crippen LogP contribution in [0.25, 0.3) is 5.69 Å². The molecule has 128 valence electrons. The van der Waals surface area contributed by atoms with Gasteiger partial charge in [0.2, 0.25) is 0 Å². The third-order valence-electron chi connectivity index (χ3n) is 3.44. The first-order valence-corrected chi connectivity index (χ1v) is 8.11. The average molecular weight is 377 g/mol. The number of hydrogen-bond acceptors (Lipinski definition) is 4. The van der Waals surface area contributed by atoms with Crippen molar-refractivity contribution in [3.63, 3.8) is 0 Å². The fraction of sp³-hybridized carbons (Fsp3) is 0.118. The van der Waals surface area contributed by atoms with Gasteiger partial charge in [-0.15, -0.1) is 0 Å². The molecular formula is C17H14Cl2N4O2. The molecule has 0 saturated heterocycles. The van der Waals surface area contributed by atoms with Gasteiger partial charge in [0, 0.05) is 6.20 Å². The minimum atomic E-state index is -0.411. The van der Waals surface area contributed by atoms with Crippen LogP contribution in [-0.2, 0) is 6.54 Å². The third-order valence-corrected chi connectivity index (χ3v) is 3.95. The van der Waals surface area contributed by atoms with Crippen LogP contribution in [0, 0.1) is 0 Å². The highest BCUT2D eigenvalue weighted by atomic mass is 35.5. The minimum Gasteiger partial charge on any atom is -0.497 e. The van der Waals surface area contributed by atoms with Gasteiger partial charge in [-0.3, -0.25) is 4.79 Å². The predicted octanol–water partition coefficient (Wildman–Crippen LogP) is 3.51. The molecule has 0 bridgehead atoms. The van der Waals surface area contributed by atoms with Crippen molar-refractivity contribution in [2.45, 2.75) is 6.54 Å². The first-order valence-electron chi connectivity index (χ1n) is 7.36. The Labute approximate surface area is 154 Å². The Morgan fingerprint density at radius 1 is 1.16 bits per heavy atom. The molecule has 1 aromatic carbocycles. The summed E-state index contributed by atoms with van der Waals surface area (Å²) in [5.41, 5.74) is 1.67. The molecule has 8 heteroatoms. The number of rotatable bonds is 5. The lowest BCUT2D eigenvalue weighted by Crippen LogP contribution is -2.24. The van der Waals surface area contributed by atoms with Crippen LogP contribution in [0.2, 0.25) is 10.2 Å². The van der Waals surface area contributed by atoms with Crippen LogP contribution < -0.4 is 10.1 Å². The quantitative estimate of drug-likeness (QED) is 0.691. The van der Waals surface area contributed by atoms with E-state index >= 15 is 0 Å². The maximum Gasteiger partial charge on any atom is 0.271 e. The summed E-state index contributed by atoms with van der Waals surface area (Å²) in [6.45, 7) is 0.243. The highest BCUT2D eigenvalue weighted by molar-refractivity contribution is 6.34. The van der Waals surface area contributed by atoms with E-state index in [-0.39, 0.29) is 22.4 Å². The molecule has 0 fully saturated rings. The summed E-state index contributed by atoms with van der Waals surface area (Å²) >= 11 is 11.8. The maximum atomic E-state index is 12.2. The number of ether oxygens (including phenoxy) is 1. The number of pyridine rings is 1. The summed E-state index contributed by atoms with van der Waals surface area (Å²) in [6, 6.07) is 12.4. The number of halogens is 2. The molecule has 2 aromatic heterocycles. The number of amides is 1. The first kappa shape index (κ1) is 17.3. The van der Waals surface area contributed by atoms with E-state index in [1.807, 2.05) is 36.5 Å². The van der Waals surface area contributed by atoms with Crippen LogP contribution in [0.5, 0.6) is 5.75 Å². The number of carbonyl (C=O) groups is 1. The van der Waals surface area contributed by atoms with Crippen LogP contribution in [0.1, 0.15) is 16.2 Å². The third kappa shape index (κ3) is 4.10. The Bertz CT molecular complexity index is 894. The molecule has 3 rings (SSSR count). The van der Waals surface area contributed by atoms with E-state index in [9.17, 15) is 4.79 Å². The van der Waals surface area contributed by atoms with Gasteiger partial charge in [-0.05, 0) is 42.5 Å². The number of nitrogens with one attached hydrogen (secondary N) is 1. The molecule has 0 spiro atoms. The van der Waals surface area contributed by atoms with Gasteiger partial charge in [-0.2, -0.15) is 5.10 Å². The van der Waals surface area contributed by atoms with Crippen LogP contribution in [0.3, 0.4) is 0 Å². The van der Waals surface area contributed by atoms with Crippen LogP contribution in [0.15, 0.2) is 48.7 Å². The topological polar surface area (TPSA) is 69.0 Å². The standard InChI is InChI=1S/C17H14Cl2N4O2/c1-25-13-4-2-12(3-5-13)23-9-8-11(22-23)10-20-17(24)16-14(18)6-7-15(19)21-16/h2-9H,10H2,1H3,(H,20,24). The second kappa shape index (κ2) is 7.55. The molecule has 0 atom stereocenters. The van der Waals surface area contributed by atoms with Gasteiger partial charge in [0.15, 0.2) is 0 Å². The van der Waals surface area contributed by atoms with Crippen molar-refractivity contribution in [1.29, 1.82) is 0 Å². The Kier molecular flexibility index (Phi) is 5.21. The molecule has 0 saturated carbocycles. The van der Waals surface area contributed by atoms with Crippen LogP contribution >= 0.6 is 23.2 Å². The van der Waals surface area contributed by atoms with Gasteiger partial charge in [-0.25, -0.2) is 9.67 Å². The minimum absolute atomic E-state index is 0.0868. The van der Waals surface area contributed by atoms with Crippen LogP contribution in [0.4, 0.5) is 0 Å². The fourth-order valence-electron chi connectivity index (χ4n) is 2.17. The monoisotopic (exact) mass is 376 g/mol. The zero-order valence-electron chi connectivity index (χ0n) is 13.2. The van der Waals surface area contributed by atoms with Gasteiger partial charge < -0.3 is 10.1 Å². The molecule has 0 radical (unpaired) electrons. The summed E-state index contributed by atoms with van der Waals surface area (Å²) in [4.78, 5) is 16.1. The van der Waals surface area contributed by atoms with E-state index in [0.717, 1.165) is 11.4 Å². The fourth-order valence-corrected chi connectivity index (χ4v) is 2.51. The van der Waals surface area contributed by atoms with Gasteiger partial charge in [0.25, 0.3) is 5.91 Å². The van der Waals surface area contributed by atoms with Crippen molar-refractivity contribution in [1.82, 2.24) is 20.1 Å². The first-order chi connectivity index (χ1) is 12.1. The molecule has 0 aliphatic rings. The largest absolute Gasteiger partial charge is 0.497 e. The average Bonchev–Trinajstić information content (AvgIpc) is 3.11. The van der Waals surface area contributed by atoms with Crippen molar-refractivity contribution >= 4 is 29.1 Å². The summed E-state index contributed by atoms with van der Waals surface area (Å²) in [7, 11) is 1.62. The highest BCUT2D eigenvalue weighted by Crippen LogP contribution is 2.17. The SMILES string of the molecule is COc1ccc(-n2ccc(CNC(=O)c3nc(Cl)ccc3Cl)n2)cc1. The summed E-state index contributed by atoms with van der Waals surface area (Å²) in [6.07, 6.45) is 1.81. The molecule has 3 aromatic rings. The number of nitrogens with zero attached hydrogens (tertiary/aromatic N) is 3. The molecule has 2 heterocycles. The zero-order valence-corrected chi connectivity index (χ0v) is 14.8. The molecule has 6 nitrogen and oxygen atoms in total. The maximum absolute atomic E-state index is 12.2. The lowest BCUT2D eigenvalue weighted by atomic mass is 10.3. The Morgan fingerprint density at radius 2 is 1.92 bits per heavy atom. The molecular weight excluding hydrogens is 363 g/mol. The number of benzene rings is 1. The van der Waals surface area contributed by atoms with Gasteiger partial charge >= 0.3 is 0 Å². The summed E-state index contributed by atoms with van der Waals surface area (Å²) in [5, 5.41) is 7.60. The van der Waals surface area contributed by atoms with Gasteiger partial charge in [0.1, 0.15) is 16.6 Å². The number of methoxy groups -OCH3 is 1. The summed E-state index contributed by atoms with van der Waals surface area (Å²) in [5.74, 6) is 0.362. The highest BCUT2D eigenvalue weighted by Gasteiger charge is 2.13. The lowest BCUT2D eigenvalue weighted by molar-refractivity contribution is 0.0945. The Morgan fingerprint density at radius 3 is 2.64 bits per heavy atom. The Balaban J connectivity index is 1.67. The van der Waals surface area contributed by atoms with E-state index in [1.165, 1.54) is 12.1 Å². The molecule has 1 N–H and O–H groups in total. The smallest absolute Gasteiger partial charge is 0.271 e. The van der Waals surface area contributed by atoms with Gasteiger partial charge in [-0.1, -0.05) is 23.2 Å². The molecule has 1 amide bonds. The van der Waals surface area contributed by atoms with E-state index in [2.05, 4.69) is 15.4 Å². The number of carbonyl (C=O) groups excluding carboxylic acids is 1. The molecule has 0 aliphatic heterocycles. The second-order valence-corrected chi connectivity index (χ2v) is 5.89.